The Hall–Kier alpha value is -2.46. The molecule has 0 saturated carbocycles. The molecule has 1 aliphatic rings. The van der Waals surface area contributed by atoms with Gasteiger partial charge in [0.05, 0.1) is 28.6 Å². The van der Waals surface area contributed by atoms with E-state index in [2.05, 4.69) is 15.3 Å². The minimum absolute atomic E-state index is 0.247. The van der Waals surface area contributed by atoms with Gasteiger partial charge >= 0.3 is 0 Å². The molecule has 0 spiro atoms. The minimum Gasteiger partial charge on any atom is -0.381 e. The van der Waals surface area contributed by atoms with Crippen LogP contribution in [0.5, 0.6) is 0 Å². The Morgan fingerprint density at radius 1 is 1.30 bits per heavy atom. The summed E-state index contributed by atoms with van der Waals surface area (Å²) in [6.07, 6.45) is 7.42. The second kappa shape index (κ2) is 9.42. The summed E-state index contributed by atoms with van der Waals surface area (Å²) in [6.45, 7) is 8.72. The number of anilines is 1. The van der Waals surface area contributed by atoms with Crippen molar-refractivity contribution >= 4 is 23.1 Å². The van der Waals surface area contributed by atoms with Crippen LogP contribution in [0.4, 0.5) is 5.95 Å². The predicted molar refractivity (Wildman–Crippen MR) is 127 cm³/mol. The van der Waals surface area contributed by atoms with Crippen molar-refractivity contribution in [3.63, 3.8) is 0 Å². The first-order chi connectivity index (χ1) is 15.6. The zero-order valence-corrected chi connectivity index (χ0v) is 20.0. The van der Waals surface area contributed by atoms with Crippen LogP contribution in [-0.4, -0.2) is 55.2 Å². The summed E-state index contributed by atoms with van der Waals surface area (Å²) >= 11 is 6.41. The second-order valence-electron chi connectivity index (χ2n) is 9.31. The SMILES string of the molecule is C[C@H](C(O)OC(C)(C)C)n1ccn2cc(-c3nc(NC4CCOCC4)ncc3Cl)cc2c1=O. The number of aliphatic hydroxyl groups is 1. The van der Waals surface area contributed by atoms with Gasteiger partial charge in [0.25, 0.3) is 5.56 Å². The third kappa shape index (κ3) is 5.38. The second-order valence-corrected chi connectivity index (χ2v) is 9.72. The zero-order valence-electron chi connectivity index (χ0n) is 19.3. The number of halogens is 1. The van der Waals surface area contributed by atoms with E-state index in [1.807, 2.05) is 20.8 Å². The number of hydrogen-bond donors (Lipinski definition) is 2. The molecule has 9 nitrogen and oxygen atoms in total. The van der Waals surface area contributed by atoms with Crippen LogP contribution in [0.25, 0.3) is 16.8 Å². The number of hydrogen-bond acceptors (Lipinski definition) is 7. The summed E-state index contributed by atoms with van der Waals surface area (Å²) in [4.78, 5) is 22.1. The van der Waals surface area contributed by atoms with Gasteiger partial charge in [-0.2, -0.15) is 0 Å². The number of ether oxygens (including phenoxy) is 2. The zero-order chi connectivity index (χ0) is 23.8. The molecule has 4 heterocycles. The molecular formula is C23H30ClN5O4. The molecule has 3 aromatic rings. The van der Waals surface area contributed by atoms with Gasteiger partial charge in [-0.1, -0.05) is 11.6 Å². The van der Waals surface area contributed by atoms with Crippen LogP contribution < -0.4 is 10.9 Å². The average Bonchev–Trinajstić information content (AvgIpc) is 3.19. The Kier molecular flexibility index (Phi) is 6.76. The Labute approximate surface area is 197 Å². The van der Waals surface area contributed by atoms with Crippen LogP contribution in [0, 0.1) is 0 Å². The standard InChI is InChI=1S/C23H30ClN5O4/c1-14(21(31)33-23(2,3)4)29-8-7-28-13-15(11-18(28)20(29)30)19-17(24)12-25-22(27-19)26-16-5-9-32-10-6-16/h7-8,11-14,16,21,31H,5-6,9-10H2,1-4H3,(H,25,26,27)/t14-,21?/m1/s1. The number of aliphatic hydroxyl groups excluding tert-OH is 1. The van der Waals surface area contributed by atoms with Crippen molar-refractivity contribution in [1.82, 2.24) is 18.9 Å². The van der Waals surface area contributed by atoms with Crippen molar-refractivity contribution < 1.29 is 14.6 Å². The summed E-state index contributed by atoms with van der Waals surface area (Å²) in [5, 5.41) is 14.2. The van der Waals surface area contributed by atoms with Crippen LogP contribution in [0.3, 0.4) is 0 Å². The molecule has 10 heteroatoms. The molecule has 0 aliphatic carbocycles. The Balaban J connectivity index is 1.64. The molecule has 1 saturated heterocycles. The highest BCUT2D eigenvalue weighted by Gasteiger charge is 2.24. The van der Waals surface area contributed by atoms with E-state index in [1.54, 1.807) is 42.2 Å². The highest BCUT2D eigenvalue weighted by molar-refractivity contribution is 6.32. The van der Waals surface area contributed by atoms with E-state index < -0.39 is 17.9 Å². The lowest BCUT2D eigenvalue weighted by atomic mass is 10.1. The van der Waals surface area contributed by atoms with Crippen LogP contribution in [-0.2, 0) is 9.47 Å². The van der Waals surface area contributed by atoms with E-state index in [1.165, 1.54) is 4.57 Å². The Morgan fingerprint density at radius 2 is 2.03 bits per heavy atom. The van der Waals surface area contributed by atoms with Gasteiger partial charge in [0, 0.05) is 43.4 Å². The van der Waals surface area contributed by atoms with E-state index in [4.69, 9.17) is 21.1 Å². The van der Waals surface area contributed by atoms with Crippen molar-refractivity contribution in [1.29, 1.82) is 0 Å². The molecule has 3 aromatic heterocycles. The summed E-state index contributed by atoms with van der Waals surface area (Å²) in [5.41, 5.74) is 0.893. The molecule has 0 aromatic carbocycles. The van der Waals surface area contributed by atoms with E-state index in [0.717, 1.165) is 12.8 Å². The van der Waals surface area contributed by atoms with Gasteiger partial charge in [-0.3, -0.25) is 4.79 Å². The molecule has 1 aliphatic heterocycles. The van der Waals surface area contributed by atoms with Gasteiger partial charge in [-0.25, -0.2) is 9.97 Å². The normalized spacial score (nSPS) is 17.3. The monoisotopic (exact) mass is 475 g/mol. The lowest BCUT2D eigenvalue weighted by Gasteiger charge is -2.28. The Bertz CT molecular complexity index is 1180. The van der Waals surface area contributed by atoms with Crippen LogP contribution in [0.2, 0.25) is 5.02 Å². The molecular weight excluding hydrogens is 446 g/mol. The van der Waals surface area contributed by atoms with Crippen molar-refractivity contribution in [3.8, 4) is 11.3 Å². The smallest absolute Gasteiger partial charge is 0.275 e. The largest absolute Gasteiger partial charge is 0.381 e. The topological polar surface area (TPSA) is 103 Å². The highest BCUT2D eigenvalue weighted by Crippen LogP contribution is 2.28. The predicted octanol–water partition coefficient (Wildman–Crippen LogP) is 3.50. The van der Waals surface area contributed by atoms with Crippen LogP contribution in [0.1, 0.15) is 46.6 Å². The summed E-state index contributed by atoms with van der Waals surface area (Å²) in [5.74, 6) is 0.491. The summed E-state index contributed by atoms with van der Waals surface area (Å²) in [7, 11) is 0. The third-order valence-electron chi connectivity index (χ3n) is 5.59. The van der Waals surface area contributed by atoms with Crippen molar-refractivity contribution in [2.45, 2.75) is 64.5 Å². The number of fused-ring (bicyclic) bond motifs is 1. The Morgan fingerprint density at radius 3 is 2.73 bits per heavy atom. The van der Waals surface area contributed by atoms with E-state index in [-0.39, 0.29) is 11.6 Å². The number of nitrogens with one attached hydrogen (secondary N) is 1. The highest BCUT2D eigenvalue weighted by atomic mass is 35.5. The third-order valence-corrected chi connectivity index (χ3v) is 5.86. The molecule has 4 rings (SSSR count). The molecule has 2 N–H and O–H groups in total. The number of rotatable bonds is 6. The lowest BCUT2D eigenvalue weighted by Crippen LogP contribution is -2.36. The number of nitrogens with zero attached hydrogens (tertiary/aromatic N) is 4. The van der Waals surface area contributed by atoms with Gasteiger partial charge in [-0.15, -0.1) is 0 Å². The maximum atomic E-state index is 13.2. The fraction of sp³-hybridized carbons (Fsp3) is 0.522. The van der Waals surface area contributed by atoms with Crippen LogP contribution in [0.15, 0.2) is 35.6 Å². The summed E-state index contributed by atoms with van der Waals surface area (Å²) in [6, 6.07) is 1.42. The van der Waals surface area contributed by atoms with Gasteiger partial charge in [0.1, 0.15) is 5.52 Å². The fourth-order valence-electron chi connectivity index (χ4n) is 3.83. The van der Waals surface area contributed by atoms with Crippen molar-refractivity contribution in [3.05, 3.63) is 46.2 Å². The summed E-state index contributed by atoms with van der Waals surface area (Å²) < 4.78 is 14.2. The quantitative estimate of drug-likeness (QED) is 0.526. The molecule has 33 heavy (non-hydrogen) atoms. The molecule has 0 radical (unpaired) electrons. The van der Waals surface area contributed by atoms with Crippen molar-refractivity contribution in [2.24, 2.45) is 0 Å². The molecule has 0 amide bonds. The number of aromatic nitrogens is 4. The first-order valence-electron chi connectivity index (χ1n) is 11.1. The maximum absolute atomic E-state index is 13.2. The van der Waals surface area contributed by atoms with Gasteiger partial charge < -0.3 is 28.9 Å². The van der Waals surface area contributed by atoms with E-state index in [0.29, 0.717) is 41.0 Å². The van der Waals surface area contributed by atoms with Crippen LogP contribution >= 0.6 is 11.6 Å². The molecule has 1 fully saturated rings. The molecule has 0 bridgehead atoms. The molecule has 1 unspecified atom stereocenters. The maximum Gasteiger partial charge on any atom is 0.275 e. The fourth-order valence-corrected chi connectivity index (χ4v) is 4.03. The van der Waals surface area contributed by atoms with Crippen molar-refractivity contribution in [2.75, 3.05) is 18.5 Å². The van der Waals surface area contributed by atoms with Gasteiger partial charge in [0.15, 0.2) is 6.29 Å². The van der Waals surface area contributed by atoms with E-state index in [9.17, 15) is 9.90 Å². The first kappa shape index (κ1) is 23.7. The lowest BCUT2D eigenvalue weighted by molar-refractivity contribution is -0.185. The molecule has 178 valence electrons. The van der Waals surface area contributed by atoms with E-state index >= 15 is 0 Å². The molecule has 2 atom stereocenters. The average molecular weight is 476 g/mol. The van der Waals surface area contributed by atoms with Gasteiger partial charge in [0.2, 0.25) is 5.95 Å². The van der Waals surface area contributed by atoms with Gasteiger partial charge in [-0.05, 0) is 46.6 Å². The first-order valence-corrected chi connectivity index (χ1v) is 11.5. The minimum atomic E-state index is -1.13.